The van der Waals surface area contributed by atoms with Crippen LogP contribution in [0.1, 0.15) is 4.88 Å². The smallest absolute Gasteiger partial charge is 0.159 e. The predicted octanol–water partition coefficient (Wildman–Crippen LogP) is 5.36. The van der Waals surface area contributed by atoms with Gasteiger partial charge in [0.15, 0.2) is 16.8 Å². The maximum absolute atomic E-state index is 13.5. The third-order valence-corrected chi connectivity index (χ3v) is 4.75. The molecule has 0 atom stereocenters. The lowest BCUT2D eigenvalue weighted by Gasteiger charge is -2.06. The van der Waals surface area contributed by atoms with Crippen molar-refractivity contribution in [3.8, 4) is 11.3 Å². The second kappa shape index (κ2) is 5.02. The van der Waals surface area contributed by atoms with Gasteiger partial charge in [0.25, 0.3) is 0 Å². The molecule has 0 fully saturated rings. The summed E-state index contributed by atoms with van der Waals surface area (Å²) < 4.78 is 27.8. The zero-order chi connectivity index (χ0) is 14.4. The Morgan fingerprint density at radius 1 is 1.10 bits per heavy atom. The summed E-state index contributed by atoms with van der Waals surface area (Å²) in [5.41, 5.74) is 1.31. The maximum atomic E-state index is 13.5. The SMILES string of the molecule is Cc1sc(Br)cc1-c1nnc(Cl)c2cc(F)c(F)cc12. The summed E-state index contributed by atoms with van der Waals surface area (Å²) in [6.45, 7) is 1.92. The van der Waals surface area contributed by atoms with Crippen LogP contribution in [0.15, 0.2) is 22.0 Å². The largest absolute Gasteiger partial charge is 0.204 e. The lowest BCUT2D eigenvalue weighted by Crippen LogP contribution is -1.94. The van der Waals surface area contributed by atoms with E-state index in [4.69, 9.17) is 11.6 Å². The van der Waals surface area contributed by atoms with E-state index in [9.17, 15) is 8.78 Å². The highest BCUT2D eigenvalue weighted by Gasteiger charge is 2.16. The molecule has 1 aromatic carbocycles. The normalized spacial score (nSPS) is 11.2. The van der Waals surface area contributed by atoms with E-state index in [0.29, 0.717) is 16.5 Å². The Bertz CT molecular complexity index is 835. The topological polar surface area (TPSA) is 25.8 Å². The van der Waals surface area contributed by atoms with E-state index in [1.54, 1.807) is 0 Å². The van der Waals surface area contributed by atoms with Gasteiger partial charge >= 0.3 is 0 Å². The molecule has 0 saturated heterocycles. The van der Waals surface area contributed by atoms with Crippen molar-refractivity contribution < 1.29 is 8.78 Å². The minimum absolute atomic E-state index is 0.0506. The van der Waals surface area contributed by atoms with Gasteiger partial charge < -0.3 is 0 Å². The third kappa shape index (κ3) is 2.21. The summed E-state index contributed by atoms with van der Waals surface area (Å²) in [5.74, 6) is -1.89. The molecule has 102 valence electrons. The van der Waals surface area contributed by atoms with Gasteiger partial charge in [-0.3, -0.25) is 0 Å². The lowest BCUT2D eigenvalue weighted by molar-refractivity contribution is 0.511. The molecule has 0 bridgehead atoms. The van der Waals surface area contributed by atoms with Crippen LogP contribution in [0.2, 0.25) is 5.15 Å². The van der Waals surface area contributed by atoms with Crippen molar-refractivity contribution in [3.63, 3.8) is 0 Å². The average molecular weight is 376 g/mol. The monoisotopic (exact) mass is 374 g/mol. The average Bonchev–Trinajstić information content (AvgIpc) is 2.71. The lowest BCUT2D eigenvalue weighted by atomic mass is 10.1. The first kappa shape index (κ1) is 13.9. The zero-order valence-electron chi connectivity index (χ0n) is 10.0. The first-order valence-corrected chi connectivity index (χ1v) is 7.53. The predicted molar refractivity (Wildman–Crippen MR) is 80.2 cm³/mol. The molecule has 0 aliphatic carbocycles. The number of hydrogen-bond acceptors (Lipinski definition) is 3. The molecule has 20 heavy (non-hydrogen) atoms. The highest BCUT2D eigenvalue weighted by Crippen LogP contribution is 2.37. The molecule has 0 spiro atoms. The molecule has 7 heteroatoms. The number of nitrogens with zero attached hydrogens (tertiary/aromatic N) is 2. The maximum Gasteiger partial charge on any atom is 0.159 e. The summed E-state index contributed by atoms with van der Waals surface area (Å²) >= 11 is 10.8. The summed E-state index contributed by atoms with van der Waals surface area (Å²) in [4.78, 5) is 1.000. The van der Waals surface area contributed by atoms with Gasteiger partial charge in [-0.2, -0.15) is 0 Å². The highest BCUT2D eigenvalue weighted by molar-refractivity contribution is 9.11. The minimum atomic E-state index is -0.957. The molecule has 2 nitrogen and oxygen atoms in total. The van der Waals surface area contributed by atoms with E-state index in [-0.39, 0.29) is 5.15 Å². The molecule has 0 aliphatic rings. The first-order chi connectivity index (χ1) is 9.47. The van der Waals surface area contributed by atoms with Gasteiger partial charge in [-0.1, -0.05) is 11.6 Å². The van der Waals surface area contributed by atoms with Gasteiger partial charge in [0.2, 0.25) is 0 Å². The van der Waals surface area contributed by atoms with Crippen molar-refractivity contribution in [1.29, 1.82) is 0 Å². The van der Waals surface area contributed by atoms with Crippen molar-refractivity contribution >= 4 is 49.6 Å². The van der Waals surface area contributed by atoms with Crippen LogP contribution in [0.25, 0.3) is 22.0 Å². The number of hydrogen-bond donors (Lipinski definition) is 0. The van der Waals surface area contributed by atoms with Crippen LogP contribution in [0, 0.1) is 18.6 Å². The van der Waals surface area contributed by atoms with Crippen LogP contribution in [0.4, 0.5) is 8.78 Å². The summed E-state index contributed by atoms with van der Waals surface area (Å²) in [6.07, 6.45) is 0. The number of fused-ring (bicyclic) bond motifs is 1. The molecule has 0 saturated carbocycles. The number of aromatic nitrogens is 2. The molecule has 0 amide bonds. The van der Waals surface area contributed by atoms with Crippen molar-refractivity contribution in [1.82, 2.24) is 10.2 Å². The van der Waals surface area contributed by atoms with E-state index in [2.05, 4.69) is 26.1 Å². The van der Waals surface area contributed by atoms with Crippen LogP contribution in [-0.2, 0) is 0 Å². The third-order valence-electron chi connectivity index (χ3n) is 2.92. The molecule has 3 aromatic rings. The fraction of sp³-hybridized carbons (Fsp3) is 0.0769. The first-order valence-electron chi connectivity index (χ1n) is 5.54. The van der Waals surface area contributed by atoms with Gasteiger partial charge in [-0.25, -0.2) is 8.78 Å². The second-order valence-corrected chi connectivity index (χ2v) is 7.17. The van der Waals surface area contributed by atoms with Crippen LogP contribution in [-0.4, -0.2) is 10.2 Å². The molecule has 2 aromatic heterocycles. The van der Waals surface area contributed by atoms with Crippen molar-refractivity contribution in [3.05, 3.63) is 43.7 Å². The van der Waals surface area contributed by atoms with Crippen LogP contribution < -0.4 is 0 Å². The quantitative estimate of drug-likeness (QED) is 0.572. The molecular weight excluding hydrogens is 370 g/mol. The van der Waals surface area contributed by atoms with E-state index in [0.717, 1.165) is 26.4 Å². The number of halogens is 4. The van der Waals surface area contributed by atoms with Crippen LogP contribution in [0.5, 0.6) is 0 Å². The fourth-order valence-corrected chi connectivity index (χ4v) is 3.88. The number of thiophene rings is 1. The van der Waals surface area contributed by atoms with Gasteiger partial charge in [0.1, 0.15) is 5.69 Å². The molecule has 0 unspecified atom stereocenters. The summed E-state index contributed by atoms with van der Waals surface area (Å²) in [5, 5.41) is 8.69. The number of aryl methyl sites for hydroxylation is 1. The van der Waals surface area contributed by atoms with Crippen molar-refractivity contribution in [2.45, 2.75) is 6.92 Å². The minimum Gasteiger partial charge on any atom is -0.204 e. The van der Waals surface area contributed by atoms with Crippen molar-refractivity contribution in [2.75, 3.05) is 0 Å². The number of rotatable bonds is 1. The fourth-order valence-electron chi connectivity index (χ4n) is 1.99. The molecule has 0 aliphatic heterocycles. The van der Waals surface area contributed by atoms with Gasteiger partial charge in [0, 0.05) is 21.2 Å². The standard InChI is InChI=1S/C13H6BrClF2N2S/c1-5-6(4-11(14)20-5)12-7-2-9(16)10(17)3-8(7)13(15)19-18-12/h2-4H,1H3. The Kier molecular flexibility index (Phi) is 3.48. The zero-order valence-corrected chi connectivity index (χ0v) is 13.2. The van der Waals surface area contributed by atoms with Crippen LogP contribution >= 0.6 is 38.9 Å². The van der Waals surface area contributed by atoms with Crippen molar-refractivity contribution in [2.24, 2.45) is 0 Å². The molecule has 3 rings (SSSR count). The molecular formula is C13H6BrClF2N2S. The number of benzene rings is 1. The van der Waals surface area contributed by atoms with E-state index < -0.39 is 11.6 Å². The second-order valence-electron chi connectivity index (χ2n) is 4.17. The summed E-state index contributed by atoms with van der Waals surface area (Å²) in [7, 11) is 0. The Morgan fingerprint density at radius 2 is 1.75 bits per heavy atom. The Balaban J connectivity index is 2.40. The van der Waals surface area contributed by atoms with E-state index in [1.807, 2.05) is 13.0 Å². The Labute approximate surface area is 130 Å². The van der Waals surface area contributed by atoms with E-state index in [1.165, 1.54) is 11.3 Å². The molecule has 2 heterocycles. The Morgan fingerprint density at radius 3 is 2.35 bits per heavy atom. The molecule has 0 radical (unpaired) electrons. The van der Waals surface area contributed by atoms with Gasteiger partial charge in [0.05, 0.1) is 3.79 Å². The van der Waals surface area contributed by atoms with Gasteiger partial charge in [-0.05, 0) is 41.1 Å². The summed E-state index contributed by atoms with van der Waals surface area (Å²) in [6, 6.07) is 4.02. The van der Waals surface area contributed by atoms with E-state index >= 15 is 0 Å². The Hall–Kier alpha value is -1.11. The van der Waals surface area contributed by atoms with Gasteiger partial charge in [-0.15, -0.1) is 21.5 Å². The van der Waals surface area contributed by atoms with Crippen LogP contribution in [0.3, 0.4) is 0 Å². The highest BCUT2D eigenvalue weighted by atomic mass is 79.9. The molecule has 0 N–H and O–H groups in total.